The number of nitrogens with zero attached hydrogens (tertiary/aromatic N) is 1. The molecule has 1 aromatic rings. The molecule has 2 N–H and O–H groups in total. The molecule has 1 aromatic heterocycles. The molecule has 0 aliphatic heterocycles. The van der Waals surface area contributed by atoms with Crippen molar-refractivity contribution >= 4 is 11.9 Å². The third-order valence-electron chi connectivity index (χ3n) is 4.41. The number of hydrogen-bond donors (Lipinski definition) is 2. The highest BCUT2D eigenvalue weighted by Crippen LogP contribution is 2.27. The van der Waals surface area contributed by atoms with Gasteiger partial charge in [-0.2, -0.15) is 0 Å². The summed E-state index contributed by atoms with van der Waals surface area (Å²) in [4.78, 5) is 26.9. The second kappa shape index (κ2) is 6.34. The fourth-order valence-electron chi connectivity index (χ4n) is 2.97. The third-order valence-corrected chi connectivity index (χ3v) is 4.41. The van der Waals surface area contributed by atoms with Crippen LogP contribution in [0.15, 0.2) is 18.3 Å². The van der Waals surface area contributed by atoms with E-state index in [1.54, 1.807) is 12.1 Å². The van der Waals surface area contributed by atoms with E-state index in [1.807, 2.05) is 0 Å². The third kappa shape index (κ3) is 3.37. The molecular weight excluding hydrogens is 284 g/mol. The molecule has 0 atom stereocenters. The van der Waals surface area contributed by atoms with Crippen LogP contribution in [0, 0.1) is 5.92 Å². The van der Waals surface area contributed by atoms with Crippen LogP contribution in [0.25, 0.3) is 0 Å². The number of aliphatic carboxylic acids is 1. The molecule has 0 saturated heterocycles. The topological polar surface area (TPSA) is 88.5 Å². The van der Waals surface area contributed by atoms with Crippen molar-refractivity contribution in [3.8, 4) is 5.88 Å². The Bertz CT molecular complexity index is 546. The van der Waals surface area contributed by atoms with E-state index < -0.39 is 5.97 Å². The Morgan fingerprint density at radius 3 is 2.55 bits per heavy atom. The van der Waals surface area contributed by atoms with Crippen LogP contribution in [-0.4, -0.2) is 34.1 Å². The molecule has 2 aliphatic carbocycles. The zero-order valence-electron chi connectivity index (χ0n) is 12.3. The molecule has 2 saturated carbocycles. The summed E-state index contributed by atoms with van der Waals surface area (Å²) in [5, 5.41) is 11.6. The van der Waals surface area contributed by atoms with Crippen molar-refractivity contribution in [3.05, 3.63) is 23.9 Å². The first-order valence-corrected chi connectivity index (χ1v) is 7.78. The number of carboxylic acid groups (broad SMARTS) is 1. The van der Waals surface area contributed by atoms with Gasteiger partial charge in [0.1, 0.15) is 6.10 Å². The molecule has 0 spiro atoms. The number of hydrogen-bond acceptors (Lipinski definition) is 4. The van der Waals surface area contributed by atoms with Crippen molar-refractivity contribution in [2.45, 2.75) is 50.7 Å². The van der Waals surface area contributed by atoms with Gasteiger partial charge in [0.15, 0.2) is 0 Å². The van der Waals surface area contributed by atoms with E-state index in [2.05, 4.69) is 10.3 Å². The monoisotopic (exact) mass is 304 g/mol. The van der Waals surface area contributed by atoms with Gasteiger partial charge in [-0.05, 0) is 44.6 Å². The highest BCUT2D eigenvalue weighted by Gasteiger charge is 2.35. The van der Waals surface area contributed by atoms with Crippen molar-refractivity contribution in [1.29, 1.82) is 0 Å². The second-order valence-corrected chi connectivity index (χ2v) is 6.09. The SMILES string of the molecule is O=C(NC1CC(C(=O)O)C1)c1ccc(OC2CCCC2)nc1. The van der Waals surface area contributed by atoms with Gasteiger partial charge in [-0.3, -0.25) is 9.59 Å². The van der Waals surface area contributed by atoms with Gasteiger partial charge in [-0.1, -0.05) is 0 Å². The number of ether oxygens (including phenoxy) is 1. The number of carboxylic acids is 1. The van der Waals surface area contributed by atoms with E-state index in [-0.39, 0.29) is 24.0 Å². The highest BCUT2D eigenvalue weighted by atomic mass is 16.5. The minimum absolute atomic E-state index is 0.0528. The molecule has 6 nitrogen and oxygen atoms in total. The van der Waals surface area contributed by atoms with Gasteiger partial charge in [0.25, 0.3) is 5.91 Å². The molecule has 2 aliphatic rings. The molecule has 0 unspecified atom stereocenters. The zero-order valence-corrected chi connectivity index (χ0v) is 12.3. The first-order valence-electron chi connectivity index (χ1n) is 7.78. The van der Waals surface area contributed by atoms with Crippen molar-refractivity contribution in [2.75, 3.05) is 0 Å². The van der Waals surface area contributed by atoms with Crippen LogP contribution in [0.5, 0.6) is 5.88 Å². The molecule has 6 heteroatoms. The Hall–Kier alpha value is -2.11. The van der Waals surface area contributed by atoms with E-state index in [0.29, 0.717) is 24.3 Å². The van der Waals surface area contributed by atoms with Crippen LogP contribution >= 0.6 is 0 Å². The Morgan fingerprint density at radius 2 is 1.95 bits per heavy atom. The number of amides is 1. The van der Waals surface area contributed by atoms with Crippen LogP contribution in [0.4, 0.5) is 0 Å². The smallest absolute Gasteiger partial charge is 0.306 e. The van der Waals surface area contributed by atoms with Gasteiger partial charge in [-0.25, -0.2) is 4.98 Å². The van der Waals surface area contributed by atoms with E-state index in [1.165, 1.54) is 19.0 Å². The molecule has 1 heterocycles. The number of carbonyl (C=O) groups excluding carboxylic acids is 1. The van der Waals surface area contributed by atoms with Crippen LogP contribution in [0.1, 0.15) is 48.9 Å². The summed E-state index contributed by atoms with van der Waals surface area (Å²) in [5.41, 5.74) is 0.470. The predicted octanol–water partition coefficient (Wildman–Crippen LogP) is 2.00. The molecule has 3 rings (SSSR count). The largest absolute Gasteiger partial charge is 0.481 e. The van der Waals surface area contributed by atoms with Gasteiger partial charge in [0, 0.05) is 18.3 Å². The summed E-state index contributed by atoms with van der Waals surface area (Å²) in [6.45, 7) is 0. The van der Waals surface area contributed by atoms with Crippen molar-refractivity contribution in [1.82, 2.24) is 10.3 Å². The zero-order chi connectivity index (χ0) is 15.5. The van der Waals surface area contributed by atoms with E-state index >= 15 is 0 Å². The van der Waals surface area contributed by atoms with E-state index in [0.717, 1.165) is 12.8 Å². The summed E-state index contributed by atoms with van der Waals surface area (Å²) in [7, 11) is 0. The lowest BCUT2D eigenvalue weighted by molar-refractivity contribution is -0.145. The quantitative estimate of drug-likeness (QED) is 0.868. The van der Waals surface area contributed by atoms with Crippen molar-refractivity contribution in [2.24, 2.45) is 5.92 Å². The maximum absolute atomic E-state index is 12.0. The summed E-state index contributed by atoms with van der Waals surface area (Å²) in [5.74, 6) is -0.780. The average Bonchev–Trinajstić information content (AvgIpc) is 2.95. The maximum atomic E-state index is 12.0. The molecule has 2 fully saturated rings. The van der Waals surface area contributed by atoms with Crippen LogP contribution in [0.3, 0.4) is 0 Å². The first kappa shape index (κ1) is 14.8. The number of carbonyl (C=O) groups is 2. The van der Waals surface area contributed by atoms with E-state index in [4.69, 9.17) is 9.84 Å². The Labute approximate surface area is 128 Å². The van der Waals surface area contributed by atoms with Gasteiger partial charge in [-0.15, -0.1) is 0 Å². The van der Waals surface area contributed by atoms with Crippen molar-refractivity contribution < 1.29 is 19.4 Å². The molecule has 1 amide bonds. The van der Waals surface area contributed by atoms with Gasteiger partial charge in [0.2, 0.25) is 5.88 Å². The maximum Gasteiger partial charge on any atom is 0.306 e. The Balaban J connectivity index is 1.49. The fourth-order valence-corrected chi connectivity index (χ4v) is 2.97. The standard InChI is InChI=1S/C16H20N2O4/c19-15(18-12-7-11(8-12)16(20)21)10-5-6-14(17-9-10)22-13-3-1-2-4-13/h5-6,9,11-13H,1-4,7-8H2,(H,18,19)(H,20,21). The lowest BCUT2D eigenvalue weighted by Crippen LogP contribution is -2.46. The number of aromatic nitrogens is 1. The highest BCUT2D eigenvalue weighted by molar-refractivity contribution is 5.94. The first-order chi connectivity index (χ1) is 10.6. The van der Waals surface area contributed by atoms with Crippen LogP contribution < -0.4 is 10.1 Å². The Kier molecular flexibility index (Phi) is 4.27. The van der Waals surface area contributed by atoms with Gasteiger partial charge < -0.3 is 15.2 Å². The predicted molar refractivity (Wildman–Crippen MR) is 78.7 cm³/mol. The molecule has 22 heavy (non-hydrogen) atoms. The molecule has 0 aromatic carbocycles. The summed E-state index contributed by atoms with van der Waals surface area (Å²) >= 11 is 0. The molecule has 0 radical (unpaired) electrons. The minimum Gasteiger partial charge on any atom is -0.481 e. The average molecular weight is 304 g/mol. The Morgan fingerprint density at radius 1 is 1.23 bits per heavy atom. The molecule has 118 valence electrons. The number of rotatable bonds is 5. The summed E-state index contributed by atoms with van der Waals surface area (Å²) in [6.07, 6.45) is 7.28. The van der Waals surface area contributed by atoms with E-state index in [9.17, 15) is 9.59 Å². The summed E-state index contributed by atoms with van der Waals surface area (Å²) < 4.78 is 5.76. The van der Waals surface area contributed by atoms with Gasteiger partial charge >= 0.3 is 5.97 Å². The normalized spacial score (nSPS) is 24.5. The fraction of sp³-hybridized carbons (Fsp3) is 0.562. The van der Waals surface area contributed by atoms with Crippen molar-refractivity contribution in [3.63, 3.8) is 0 Å². The lowest BCUT2D eigenvalue weighted by Gasteiger charge is -2.32. The minimum atomic E-state index is -0.791. The number of pyridine rings is 1. The number of nitrogens with one attached hydrogen (secondary N) is 1. The van der Waals surface area contributed by atoms with Crippen LogP contribution in [-0.2, 0) is 4.79 Å². The molecular formula is C16H20N2O4. The lowest BCUT2D eigenvalue weighted by atomic mass is 9.80. The molecule has 0 bridgehead atoms. The summed E-state index contributed by atoms with van der Waals surface area (Å²) in [6, 6.07) is 3.36. The second-order valence-electron chi connectivity index (χ2n) is 6.09. The van der Waals surface area contributed by atoms with Crippen LogP contribution in [0.2, 0.25) is 0 Å². The van der Waals surface area contributed by atoms with Gasteiger partial charge in [0.05, 0.1) is 11.5 Å².